The number of rotatable bonds is 7. The van der Waals surface area contributed by atoms with Gasteiger partial charge in [-0.15, -0.1) is 19.8 Å². The molecule has 0 radical (unpaired) electrons. The fourth-order valence-electron chi connectivity index (χ4n) is 1.84. The maximum atomic E-state index is 12.0. The van der Waals surface area contributed by atoms with E-state index in [2.05, 4.69) is 16.6 Å². The Labute approximate surface area is 111 Å². The van der Waals surface area contributed by atoms with Gasteiger partial charge in [0.1, 0.15) is 5.75 Å². The molecule has 0 saturated carbocycles. The first-order valence-corrected chi connectivity index (χ1v) is 6.13. The maximum absolute atomic E-state index is 12.0. The van der Waals surface area contributed by atoms with Crippen LogP contribution >= 0.6 is 0 Å². The summed E-state index contributed by atoms with van der Waals surface area (Å²) < 4.78 is 39.9. The Morgan fingerprint density at radius 3 is 2.42 bits per heavy atom. The molecule has 0 amide bonds. The Morgan fingerprint density at radius 1 is 1.32 bits per heavy atom. The molecule has 1 atom stereocenters. The minimum absolute atomic E-state index is 0.194. The van der Waals surface area contributed by atoms with Crippen molar-refractivity contribution in [3.8, 4) is 5.75 Å². The molecule has 1 rings (SSSR count). The van der Waals surface area contributed by atoms with Crippen LogP contribution in [0.3, 0.4) is 0 Å². The van der Waals surface area contributed by atoms with Gasteiger partial charge in [-0.05, 0) is 37.1 Å². The lowest BCUT2D eigenvalue weighted by Crippen LogP contribution is -2.30. The highest BCUT2D eigenvalue weighted by atomic mass is 19.4. The first kappa shape index (κ1) is 15.6. The van der Waals surface area contributed by atoms with Crippen molar-refractivity contribution in [1.82, 2.24) is 5.32 Å². The Bertz CT molecular complexity index is 387. The zero-order valence-electron chi connectivity index (χ0n) is 10.8. The van der Waals surface area contributed by atoms with Gasteiger partial charge in [0.15, 0.2) is 0 Å². The first-order chi connectivity index (χ1) is 8.94. The lowest BCUT2D eigenvalue weighted by Gasteiger charge is -2.16. The molecular weight excluding hydrogens is 255 g/mol. The molecular formula is C14H18F3NO. The van der Waals surface area contributed by atoms with Crippen LogP contribution in [0.25, 0.3) is 0 Å². The molecule has 5 heteroatoms. The van der Waals surface area contributed by atoms with Crippen LogP contribution in [-0.4, -0.2) is 18.9 Å². The predicted molar refractivity (Wildman–Crippen MR) is 69.1 cm³/mol. The zero-order valence-corrected chi connectivity index (χ0v) is 10.8. The topological polar surface area (TPSA) is 21.3 Å². The Kier molecular flexibility index (Phi) is 5.89. The summed E-state index contributed by atoms with van der Waals surface area (Å²) in [4.78, 5) is 0. The van der Waals surface area contributed by atoms with Crippen molar-refractivity contribution in [3.05, 3.63) is 42.5 Å². The standard InChI is InChI=1S/C14H18F3NO/c1-3-5-12(18-4-2)10-11-6-8-13(9-7-11)19-14(15,16)17/h3,6-9,12,18H,1,4-5,10H2,2H3. The van der Waals surface area contributed by atoms with E-state index >= 15 is 0 Å². The van der Waals surface area contributed by atoms with Crippen molar-refractivity contribution >= 4 is 0 Å². The van der Waals surface area contributed by atoms with E-state index in [1.54, 1.807) is 12.1 Å². The van der Waals surface area contributed by atoms with Gasteiger partial charge in [-0.25, -0.2) is 0 Å². The number of nitrogens with one attached hydrogen (secondary N) is 1. The monoisotopic (exact) mass is 273 g/mol. The molecule has 1 unspecified atom stereocenters. The molecule has 0 spiro atoms. The summed E-state index contributed by atoms with van der Waals surface area (Å²) >= 11 is 0. The minimum atomic E-state index is -4.64. The van der Waals surface area contributed by atoms with Gasteiger partial charge in [-0.3, -0.25) is 0 Å². The Hall–Kier alpha value is -1.49. The number of hydrogen-bond acceptors (Lipinski definition) is 2. The van der Waals surface area contributed by atoms with Gasteiger partial charge in [-0.2, -0.15) is 0 Å². The van der Waals surface area contributed by atoms with E-state index in [1.165, 1.54) is 12.1 Å². The molecule has 0 heterocycles. The second-order valence-corrected chi connectivity index (χ2v) is 4.17. The van der Waals surface area contributed by atoms with Crippen LogP contribution in [-0.2, 0) is 6.42 Å². The van der Waals surface area contributed by atoms with Crippen molar-refractivity contribution in [3.63, 3.8) is 0 Å². The molecule has 1 aromatic rings. The van der Waals surface area contributed by atoms with Gasteiger partial charge in [0.2, 0.25) is 0 Å². The second-order valence-electron chi connectivity index (χ2n) is 4.17. The lowest BCUT2D eigenvalue weighted by molar-refractivity contribution is -0.274. The van der Waals surface area contributed by atoms with Crippen molar-refractivity contribution in [1.29, 1.82) is 0 Å². The summed E-state index contributed by atoms with van der Waals surface area (Å²) in [5.41, 5.74) is 0.960. The molecule has 106 valence electrons. The van der Waals surface area contributed by atoms with E-state index < -0.39 is 6.36 Å². The number of hydrogen-bond donors (Lipinski definition) is 1. The van der Waals surface area contributed by atoms with E-state index in [0.717, 1.165) is 24.9 Å². The van der Waals surface area contributed by atoms with E-state index in [9.17, 15) is 13.2 Å². The molecule has 1 N–H and O–H groups in total. The molecule has 0 aliphatic rings. The highest BCUT2D eigenvalue weighted by Crippen LogP contribution is 2.23. The molecule has 0 aromatic heterocycles. The second kappa shape index (κ2) is 7.19. The van der Waals surface area contributed by atoms with Gasteiger partial charge in [0.05, 0.1) is 0 Å². The predicted octanol–water partition coefficient (Wildman–Crippen LogP) is 3.68. The lowest BCUT2D eigenvalue weighted by atomic mass is 10.0. The van der Waals surface area contributed by atoms with Crippen LogP contribution in [0.2, 0.25) is 0 Å². The Morgan fingerprint density at radius 2 is 1.95 bits per heavy atom. The van der Waals surface area contributed by atoms with Gasteiger partial charge in [-0.1, -0.05) is 25.1 Å². The molecule has 0 fully saturated rings. The fourth-order valence-corrected chi connectivity index (χ4v) is 1.84. The van der Waals surface area contributed by atoms with Crippen LogP contribution in [0.5, 0.6) is 5.75 Å². The molecule has 0 bridgehead atoms. The Balaban J connectivity index is 2.62. The van der Waals surface area contributed by atoms with Gasteiger partial charge in [0, 0.05) is 6.04 Å². The van der Waals surface area contributed by atoms with E-state index in [4.69, 9.17) is 0 Å². The molecule has 19 heavy (non-hydrogen) atoms. The molecule has 1 aromatic carbocycles. The van der Waals surface area contributed by atoms with E-state index in [-0.39, 0.29) is 11.8 Å². The molecule has 0 aliphatic carbocycles. The summed E-state index contributed by atoms with van der Waals surface area (Å²) in [5.74, 6) is -0.194. The highest BCUT2D eigenvalue weighted by molar-refractivity contribution is 5.28. The van der Waals surface area contributed by atoms with E-state index in [1.807, 2.05) is 13.0 Å². The SMILES string of the molecule is C=CCC(Cc1ccc(OC(F)(F)F)cc1)NCC. The third kappa shape index (κ3) is 6.29. The van der Waals surface area contributed by atoms with Crippen molar-refractivity contribution in [2.24, 2.45) is 0 Å². The number of alkyl halides is 3. The molecule has 0 aliphatic heterocycles. The van der Waals surface area contributed by atoms with Crippen molar-refractivity contribution in [2.45, 2.75) is 32.2 Å². The van der Waals surface area contributed by atoms with Crippen LogP contribution in [0.1, 0.15) is 18.9 Å². The number of ether oxygens (including phenoxy) is 1. The average Bonchev–Trinajstić information content (AvgIpc) is 2.30. The largest absolute Gasteiger partial charge is 0.573 e. The average molecular weight is 273 g/mol. The molecule has 0 saturated heterocycles. The third-order valence-electron chi connectivity index (χ3n) is 2.58. The summed E-state index contributed by atoms with van der Waals surface area (Å²) in [7, 11) is 0. The zero-order chi connectivity index (χ0) is 14.3. The minimum Gasteiger partial charge on any atom is -0.406 e. The third-order valence-corrected chi connectivity index (χ3v) is 2.58. The fraction of sp³-hybridized carbons (Fsp3) is 0.429. The maximum Gasteiger partial charge on any atom is 0.573 e. The van der Waals surface area contributed by atoms with Gasteiger partial charge < -0.3 is 10.1 Å². The quantitative estimate of drug-likeness (QED) is 0.765. The van der Waals surface area contributed by atoms with Crippen LogP contribution in [0.4, 0.5) is 13.2 Å². The highest BCUT2D eigenvalue weighted by Gasteiger charge is 2.30. The van der Waals surface area contributed by atoms with E-state index in [0.29, 0.717) is 0 Å². The number of benzene rings is 1. The van der Waals surface area contributed by atoms with Crippen LogP contribution < -0.4 is 10.1 Å². The summed E-state index contributed by atoms with van der Waals surface area (Å²) in [6.07, 6.45) is -1.26. The van der Waals surface area contributed by atoms with Crippen LogP contribution in [0.15, 0.2) is 36.9 Å². The van der Waals surface area contributed by atoms with Gasteiger partial charge >= 0.3 is 6.36 Å². The van der Waals surface area contributed by atoms with Crippen LogP contribution in [0, 0.1) is 0 Å². The molecule has 2 nitrogen and oxygen atoms in total. The normalized spacial score (nSPS) is 13.1. The van der Waals surface area contributed by atoms with Crippen molar-refractivity contribution in [2.75, 3.05) is 6.54 Å². The summed E-state index contributed by atoms with van der Waals surface area (Å²) in [5, 5.41) is 3.30. The van der Waals surface area contributed by atoms with Gasteiger partial charge in [0.25, 0.3) is 0 Å². The van der Waals surface area contributed by atoms with Crippen molar-refractivity contribution < 1.29 is 17.9 Å². The summed E-state index contributed by atoms with van der Waals surface area (Å²) in [6, 6.07) is 6.21. The smallest absolute Gasteiger partial charge is 0.406 e. The first-order valence-electron chi connectivity index (χ1n) is 6.13. The number of likely N-dealkylation sites (N-methyl/N-ethyl adjacent to an activating group) is 1. The number of halogens is 3. The summed E-state index contributed by atoms with van der Waals surface area (Å²) in [6.45, 7) is 6.55.